The molecule has 0 aliphatic rings. The molecule has 2 aromatic rings. The molecule has 0 aromatic heterocycles. The predicted molar refractivity (Wildman–Crippen MR) is 71.9 cm³/mol. The molecule has 0 spiro atoms. The van der Waals surface area contributed by atoms with E-state index in [9.17, 15) is 0 Å². The Kier molecular flexibility index (Phi) is 3.68. The SMILES string of the molecule is Cc1ccc(SC(C)c2ccccc2)cc1. The third-order valence-electron chi connectivity index (χ3n) is 2.60. The Labute approximate surface area is 102 Å². The summed E-state index contributed by atoms with van der Waals surface area (Å²) < 4.78 is 0. The molecule has 16 heavy (non-hydrogen) atoms. The van der Waals surface area contributed by atoms with E-state index in [0.717, 1.165) is 0 Å². The molecule has 0 fully saturated rings. The van der Waals surface area contributed by atoms with Crippen LogP contribution in [0.1, 0.15) is 23.3 Å². The average molecular weight is 228 g/mol. The largest absolute Gasteiger partial charge is 0.118 e. The Morgan fingerprint density at radius 3 is 2.12 bits per heavy atom. The summed E-state index contributed by atoms with van der Waals surface area (Å²) in [7, 11) is 0. The second kappa shape index (κ2) is 5.22. The van der Waals surface area contributed by atoms with Crippen molar-refractivity contribution in [1.29, 1.82) is 0 Å². The highest BCUT2D eigenvalue weighted by Gasteiger charge is 2.06. The number of thioether (sulfide) groups is 1. The monoisotopic (exact) mass is 228 g/mol. The van der Waals surface area contributed by atoms with Crippen molar-refractivity contribution in [3.8, 4) is 0 Å². The van der Waals surface area contributed by atoms with E-state index in [0.29, 0.717) is 5.25 Å². The number of benzene rings is 2. The van der Waals surface area contributed by atoms with Crippen LogP contribution in [0.3, 0.4) is 0 Å². The van der Waals surface area contributed by atoms with Crippen LogP contribution in [0.15, 0.2) is 59.5 Å². The Bertz CT molecular complexity index is 431. The van der Waals surface area contributed by atoms with E-state index >= 15 is 0 Å². The minimum absolute atomic E-state index is 0.504. The summed E-state index contributed by atoms with van der Waals surface area (Å²) in [6.45, 7) is 4.37. The third kappa shape index (κ3) is 2.89. The smallest absolute Gasteiger partial charge is 0.0316 e. The highest BCUT2D eigenvalue weighted by molar-refractivity contribution is 7.99. The van der Waals surface area contributed by atoms with Gasteiger partial charge in [-0.05, 0) is 31.5 Å². The Morgan fingerprint density at radius 1 is 0.875 bits per heavy atom. The van der Waals surface area contributed by atoms with Crippen LogP contribution in [0.25, 0.3) is 0 Å². The highest BCUT2D eigenvalue weighted by Crippen LogP contribution is 2.34. The van der Waals surface area contributed by atoms with Crippen molar-refractivity contribution < 1.29 is 0 Å². The van der Waals surface area contributed by atoms with Crippen LogP contribution in [-0.4, -0.2) is 0 Å². The lowest BCUT2D eigenvalue weighted by Gasteiger charge is -2.11. The van der Waals surface area contributed by atoms with E-state index < -0.39 is 0 Å². The van der Waals surface area contributed by atoms with Gasteiger partial charge in [-0.3, -0.25) is 0 Å². The fraction of sp³-hybridized carbons (Fsp3) is 0.200. The fourth-order valence-corrected chi connectivity index (χ4v) is 2.61. The third-order valence-corrected chi connectivity index (χ3v) is 3.77. The molecule has 82 valence electrons. The van der Waals surface area contributed by atoms with Gasteiger partial charge in [0.05, 0.1) is 0 Å². The van der Waals surface area contributed by atoms with Gasteiger partial charge in [0, 0.05) is 10.1 Å². The normalized spacial score (nSPS) is 12.4. The number of hydrogen-bond donors (Lipinski definition) is 0. The van der Waals surface area contributed by atoms with Crippen molar-refractivity contribution in [2.45, 2.75) is 24.0 Å². The molecule has 0 N–H and O–H groups in total. The number of aryl methyl sites for hydroxylation is 1. The van der Waals surface area contributed by atoms with Crippen LogP contribution in [0.2, 0.25) is 0 Å². The van der Waals surface area contributed by atoms with Crippen molar-refractivity contribution in [1.82, 2.24) is 0 Å². The Balaban J connectivity index is 2.08. The van der Waals surface area contributed by atoms with Crippen LogP contribution >= 0.6 is 11.8 Å². The zero-order chi connectivity index (χ0) is 11.4. The van der Waals surface area contributed by atoms with Crippen molar-refractivity contribution >= 4 is 11.8 Å². The number of hydrogen-bond acceptors (Lipinski definition) is 1. The standard InChI is InChI=1S/C15H16S/c1-12-8-10-15(11-9-12)16-13(2)14-6-4-3-5-7-14/h3-11,13H,1-2H3. The summed E-state index contributed by atoms with van der Waals surface area (Å²) in [6, 6.07) is 19.4. The molecule has 0 amide bonds. The average Bonchev–Trinajstić information content (AvgIpc) is 2.33. The maximum Gasteiger partial charge on any atom is 0.0316 e. The molecule has 0 radical (unpaired) electrons. The first-order valence-corrected chi connectivity index (χ1v) is 6.42. The van der Waals surface area contributed by atoms with E-state index in [1.165, 1.54) is 16.0 Å². The van der Waals surface area contributed by atoms with E-state index in [1.54, 1.807) is 0 Å². The molecule has 2 rings (SSSR count). The van der Waals surface area contributed by atoms with Crippen molar-refractivity contribution in [2.24, 2.45) is 0 Å². The molecular weight excluding hydrogens is 212 g/mol. The maximum atomic E-state index is 2.25. The first-order valence-electron chi connectivity index (χ1n) is 5.54. The van der Waals surface area contributed by atoms with E-state index in [2.05, 4.69) is 68.4 Å². The zero-order valence-electron chi connectivity index (χ0n) is 9.68. The minimum Gasteiger partial charge on any atom is -0.118 e. The second-order valence-corrected chi connectivity index (χ2v) is 5.40. The Hall–Kier alpha value is -1.21. The van der Waals surface area contributed by atoms with Crippen molar-refractivity contribution in [3.63, 3.8) is 0 Å². The number of rotatable bonds is 3. The maximum absolute atomic E-state index is 2.25. The van der Waals surface area contributed by atoms with Gasteiger partial charge in [-0.1, -0.05) is 48.0 Å². The zero-order valence-corrected chi connectivity index (χ0v) is 10.5. The lowest BCUT2D eigenvalue weighted by atomic mass is 10.2. The van der Waals surface area contributed by atoms with Gasteiger partial charge < -0.3 is 0 Å². The van der Waals surface area contributed by atoms with Gasteiger partial charge in [-0.2, -0.15) is 0 Å². The van der Waals surface area contributed by atoms with Gasteiger partial charge in [-0.25, -0.2) is 0 Å². The van der Waals surface area contributed by atoms with Crippen LogP contribution < -0.4 is 0 Å². The summed E-state index contributed by atoms with van der Waals surface area (Å²) in [5.41, 5.74) is 2.70. The van der Waals surface area contributed by atoms with Crippen LogP contribution in [0, 0.1) is 6.92 Å². The van der Waals surface area contributed by atoms with E-state index in [4.69, 9.17) is 0 Å². The van der Waals surface area contributed by atoms with Crippen molar-refractivity contribution in [3.05, 3.63) is 65.7 Å². The summed E-state index contributed by atoms with van der Waals surface area (Å²) in [6.07, 6.45) is 0. The first-order chi connectivity index (χ1) is 7.75. The molecule has 0 bridgehead atoms. The molecule has 0 saturated carbocycles. The van der Waals surface area contributed by atoms with E-state index in [-0.39, 0.29) is 0 Å². The second-order valence-electron chi connectivity index (χ2n) is 3.98. The lowest BCUT2D eigenvalue weighted by Crippen LogP contribution is -1.87. The van der Waals surface area contributed by atoms with Gasteiger partial charge in [0.25, 0.3) is 0 Å². The molecule has 0 nitrogen and oxygen atoms in total. The predicted octanol–water partition coefficient (Wildman–Crippen LogP) is 4.85. The molecule has 0 aliphatic heterocycles. The highest BCUT2D eigenvalue weighted by atomic mass is 32.2. The van der Waals surface area contributed by atoms with Gasteiger partial charge in [-0.15, -0.1) is 11.8 Å². The molecule has 1 atom stereocenters. The molecular formula is C15H16S. The molecule has 0 saturated heterocycles. The van der Waals surface area contributed by atoms with Crippen LogP contribution in [0.5, 0.6) is 0 Å². The molecule has 0 heterocycles. The van der Waals surface area contributed by atoms with E-state index in [1.807, 2.05) is 11.8 Å². The van der Waals surface area contributed by atoms with Gasteiger partial charge in [0.1, 0.15) is 0 Å². The summed E-state index contributed by atoms with van der Waals surface area (Å²) in [5, 5.41) is 0.504. The molecule has 0 aliphatic carbocycles. The summed E-state index contributed by atoms with van der Waals surface area (Å²) in [5.74, 6) is 0. The lowest BCUT2D eigenvalue weighted by molar-refractivity contribution is 1.09. The minimum atomic E-state index is 0.504. The van der Waals surface area contributed by atoms with Gasteiger partial charge in [0.15, 0.2) is 0 Å². The van der Waals surface area contributed by atoms with Crippen LogP contribution in [0.4, 0.5) is 0 Å². The Morgan fingerprint density at radius 2 is 1.50 bits per heavy atom. The summed E-state index contributed by atoms with van der Waals surface area (Å²) >= 11 is 1.91. The topological polar surface area (TPSA) is 0 Å². The molecule has 1 unspecified atom stereocenters. The summed E-state index contributed by atoms with van der Waals surface area (Å²) in [4.78, 5) is 1.34. The quantitative estimate of drug-likeness (QED) is 0.677. The molecule has 1 heteroatoms. The van der Waals surface area contributed by atoms with Crippen molar-refractivity contribution in [2.75, 3.05) is 0 Å². The fourth-order valence-electron chi connectivity index (χ4n) is 1.61. The first kappa shape index (κ1) is 11.3. The van der Waals surface area contributed by atoms with Gasteiger partial charge >= 0.3 is 0 Å². The van der Waals surface area contributed by atoms with Gasteiger partial charge in [0.2, 0.25) is 0 Å². The molecule has 2 aromatic carbocycles. The van der Waals surface area contributed by atoms with Crippen LogP contribution in [-0.2, 0) is 0 Å².